The lowest BCUT2D eigenvalue weighted by molar-refractivity contribution is 0.485. The Morgan fingerprint density at radius 2 is 1.92 bits per heavy atom. The van der Waals surface area contributed by atoms with Gasteiger partial charge in [0, 0.05) is 6.20 Å². The normalized spacial score (nSPS) is 9.31. The lowest BCUT2D eigenvalue weighted by Gasteiger charge is -1.82. The van der Waals surface area contributed by atoms with Crippen molar-refractivity contribution in [3.8, 4) is 0 Å². The van der Waals surface area contributed by atoms with Crippen LogP contribution in [-0.4, -0.2) is 19.8 Å². The molecule has 13 heavy (non-hydrogen) atoms. The third-order valence-electron chi connectivity index (χ3n) is 0.774. The number of nitrogens with one attached hydrogen (secondary N) is 2. The van der Waals surface area contributed by atoms with Crippen LogP contribution in [0.15, 0.2) is 20.3 Å². The Morgan fingerprint density at radius 3 is 2.23 bits per heavy atom. The zero-order chi connectivity index (χ0) is 10.4. The molecule has 6 N–H and O–H groups in total. The van der Waals surface area contributed by atoms with Crippen LogP contribution in [0.5, 0.6) is 0 Å². The van der Waals surface area contributed by atoms with Gasteiger partial charge in [-0.15, -0.1) is 0 Å². The van der Waals surface area contributed by atoms with E-state index < -0.39 is 19.8 Å². The van der Waals surface area contributed by atoms with Gasteiger partial charge >= 0.3 is 5.69 Å². The van der Waals surface area contributed by atoms with E-state index in [1.54, 1.807) is 0 Å². The first-order valence-corrected chi connectivity index (χ1v) is 4.94. The largest absolute Gasteiger partial charge is 0.338 e. The SMILES string of the molecule is NP(O)O.O=c1[nH]cc(Br)c(=O)[nH]1. The van der Waals surface area contributed by atoms with Gasteiger partial charge in [-0.25, -0.2) is 4.79 Å². The number of nitrogens with two attached hydrogens (primary N) is 1. The molecule has 1 heterocycles. The molecular formula is C4H7BrN3O4P. The van der Waals surface area contributed by atoms with Crippen LogP contribution in [0.25, 0.3) is 0 Å². The molecule has 1 aromatic rings. The molecule has 0 bridgehead atoms. The monoisotopic (exact) mass is 271 g/mol. The Balaban J connectivity index is 0.000000310. The van der Waals surface area contributed by atoms with Crippen molar-refractivity contribution in [1.82, 2.24) is 9.97 Å². The molecule has 0 unspecified atom stereocenters. The molecule has 9 heteroatoms. The molecule has 0 aliphatic rings. The molecule has 0 fully saturated rings. The molecular weight excluding hydrogens is 265 g/mol. The summed E-state index contributed by atoms with van der Waals surface area (Å²) in [6.45, 7) is 0. The van der Waals surface area contributed by atoms with Crippen molar-refractivity contribution in [3.63, 3.8) is 0 Å². The van der Waals surface area contributed by atoms with E-state index >= 15 is 0 Å². The molecule has 0 aromatic carbocycles. The Morgan fingerprint density at radius 1 is 1.46 bits per heavy atom. The average molecular weight is 272 g/mol. The highest BCUT2D eigenvalue weighted by Gasteiger charge is 1.90. The number of aromatic amines is 2. The standard InChI is InChI=1S/C4H3BrN2O2.H4NO2P/c5-2-1-6-4(9)7-3(2)8;1-4(2)3/h1H,(H2,6,7,8,9);2-3H,1H2. The van der Waals surface area contributed by atoms with E-state index in [2.05, 4.69) is 26.4 Å². The molecule has 0 spiro atoms. The number of halogens is 1. The summed E-state index contributed by atoms with van der Waals surface area (Å²) in [6, 6.07) is 0. The van der Waals surface area contributed by atoms with Crippen LogP contribution in [0.2, 0.25) is 0 Å². The molecule has 7 nitrogen and oxygen atoms in total. The van der Waals surface area contributed by atoms with E-state index in [9.17, 15) is 9.59 Å². The van der Waals surface area contributed by atoms with Crippen molar-refractivity contribution < 1.29 is 9.79 Å². The molecule has 0 saturated heterocycles. The van der Waals surface area contributed by atoms with E-state index in [1.807, 2.05) is 4.98 Å². The van der Waals surface area contributed by atoms with Crippen LogP contribution in [-0.2, 0) is 0 Å². The molecule has 0 amide bonds. The fourth-order valence-electron chi connectivity index (χ4n) is 0.393. The molecule has 1 aromatic heterocycles. The van der Waals surface area contributed by atoms with Crippen molar-refractivity contribution in [2.24, 2.45) is 5.50 Å². The summed E-state index contributed by atoms with van der Waals surface area (Å²) in [5.74, 6) is 0. The van der Waals surface area contributed by atoms with Crippen molar-refractivity contribution >= 4 is 24.5 Å². The van der Waals surface area contributed by atoms with Gasteiger partial charge in [-0.2, -0.15) is 0 Å². The maximum absolute atomic E-state index is 10.5. The first kappa shape index (κ1) is 12.5. The van der Waals surface area contributed by atoms with Crippen molar-refractivity contribution in [2.75, 3.05) is 0 Å². The van der Waals surface area contributed by atoms with Crippen molar-refractivity contribution in [3.05, 3.63) is 31.5 Å². The van der Waals surface area contributed by atoms with Crippen LogP contribution < -0.4 is 16.8 Å². The van der Waals surface area contributed by atoms with Gasteiger partial charge in [-0.3, -0.25) is 15.3 Å². The predicted molar refractivity (Wildman–Crippen MR) is 50.9 cm³/mol. The van der Waals surface area contributed by atoms with E-state index in [1.165, 1.54) is 6.20 Å². The van der Waals surface area contributed by atoms with E-state index in [4.69, 9.17) is 9.79 Å². The van der Waals surface area contributed by atoms with Gasteiger partial charge in [0.15, 0.2) is 0 Å². The Kier molecular flexibility index (Phi) is 5.76. The fraction of sp³-hybridized carbons (Fsp3) is 0. The third kappa shape index (κ3) is 6.62. The van der Waals surface area contributed by atoms with E-state index in [0.29, 0.717) is 4.47 Å². The Hall–Kier alpha value is -0.530. The summed E-state index contributed by atoms with van der Waals surface area (Å²) in [7, 11) is -2.12. The fourth-order valence-corrected chi connectivity index (χ4v) is 0.607. The molecule has 0 aliphatic carbocycles. The van der Waals surface area contributed by atoms with Crippen LogP contribution in [0.4, 0.5) is 0 Å². The van der Waals surface area contributed by atoms with Gasteiger partial charge < -0.3 is 14.8 Å². The summed E-state index contributed by atoms with van der Waals surface area (Å²) in [5, 5.41) is 0. The number of aromatic nitrogens is 2. The van der Waals surface area contributed by atoms with Gasteiger partial charge in [0.05, 0.1) is 4.47 Å². The zero-order valence-corrected chi connectivity index (χ0v) is 8.67. The van der Waals surface area contributed by atoms with Crippen LogP contribution >= 0.6 is 24.5 Å². The average Bonchev–Trinajstić information content (AvgIpc) is 1.96. The highest BCUT2D eigenvalue weighted by molar-refractivity contribution is 9.10. The van der Waals surface area contributed by atoms with Gasteiger partial charge in [0.2, 0.25) is 8.53 Å². The minimum atomic E-state index is -2.12. The number of rotatable bonds is 0. The highest BCUT2D eigenvalue weighted by Crippen LogP contribution is 2.05. The summed E-state index contributed by atoms with van der Waals surface area (Å²) in [6.07, 6.45) is 1.29. The first-order valence-electron chi connectivity index (χ1n) is 2.83. The second-order valence-corrected chi connectivity index (χ2v) is 3.24. The quantitative estimate of drug-likeness (QED) is 0.386. The maximum atomic E-state index is 10.5. The number of H-pyrrole nitrogens is 2. The lowest BCUT2D eigenvalue weighted by atomic mass is 10.7. The zero-order valence-electron chi connectivity index (χ0n) is 6.19. The smallest absolute Gasteiger partial charge is 0.325 e. The topological polar surface area (TPSA) is 132 Å². The van der Waals surface area contributed by atoms with Crippen LogP contribution in [0.3, 0.4) is 0 Å². The summed E-state index contributed by atoms with van der Waals surface area (Å²) in [4.78, 5) is 40.0. The second kappa shape index (κ2) is 6.01. The van der Waals surface area contributed by atoms with E-state index in [0.717, 1.165) is 0 Å². The highest BCUT2D eigenvalue weighted by atomic mass is 79.9. The Bertz CT molecular complexity index is 358. The van der Waals surface area contributed by atoms with Crippen LogP contribution in [0, 0.1) is 0 Å². The second-order valence-electron chi connectivity index (χ2n) is 1.74. The van der Waals surface area contributed by atoms with Gasteiger partial charge in [-0.05, 0) is 15.9 Å². The molecule has 1 rings (SSSR count). The van der Waals surface area contributed by atoms with Gasteiger partial charge in [0.25, 0.3) is 5.56 Å². The molecule has 0 saturated carbocycles. The minimum absolute atomic E-state index is 0.321. The lowest BCUT2D eigenvalue weighted by Crippen LogP contribution is -2.21. The predicted octanol–water partition coefficient (Wildman–Crippen LogP) is -1.02. The molecule has 74 valence electrons. The minimum Gasteiger partial charge on any atom is -0.338 e. The summed E-state index contributed by atoms with van der Waals surface area (Å²) >= 11 is 2.92. The van der Waals surface area contributed by atoms with E-state index in [-0.39, 0.29) is 0 Å². The van der Waals surface area contributed by atoms with Crippen molar-refractivity contribution in [2.45, 2.75) is 0 Å². The van der Waals surface area contributed by atoms with Crippen molar-refractivity contribution in [1.29, 1.82) is 0 Å². The first-order chi connectivity index (χ1) is 5.93. The van der Waals surface area contributed by atoms with Gasteiger partial charge in [0.1, 0.15) is 0 Å². The third-order valence-corrected chi connectivity index (χ3v) is 1.36. The summed E-state index contributed by atoms with van der Waals surface area (Å²) in [5.41, 5.74) is 3.37. The summed E-state index contributed by atoms with van der Waals surface area (Å²) < 4.78 is 0.321. The molecule has 0 aliphatic heterocycles. The maximum Gasteiger partial charge on any atom is 0.325 e. The molecule has 0 atom stereocenters. The number of hydrogen-bond donors (Lipinski definition) is 5. The Labute approximate surface area is 81.7 Å². The van der Waals surface area contributed by atoms with Crippen LogP contribution in [0.1, 0.15) is 0 Å². The number of hydrogen-bond acceptors (Lipinski definition) is 5. The molecule has 0 radical (unpaired) electrons. The van der Waals surface area contributed by atoms with Gasteiger partial charge in [-0.1, -0.05) is 0 Å².